The Morgan fingerprint density at radius 1 is 0.946 bits per heavy atom. The fourth-order valence-electron chi connectivity index (χ4n) is 5.48. The van der Waals surface area contributed by atoms with Crippen molar-refractivity contribution >= 4 is 16.8 Å². The van der Waals surface area contributed by atoms with Crippen molar-refractivity contribution < 1.29 is 23.0 Å². The highest BCUT2D eigenvalue weighted by Gasteiger charge is 2.25. The van der Waals surface area contributed by atoms with Gasteiger partial charge in [-0.1, -0.05) is 18.2 Å². The van der Waals surface area contributed by atoms with Gasteiger partial charge in [0.1, 0.15) is 17.7 Å². The van der Waals surface area contributed by atoms with E-state index in [1.807, 2.05) is 30.3 Å². The zero-order chi connectivity index (χ0) is 25.8. The molecule has 3 aromatic rings. The van der Waals surface area contributed by atoms with E-state index in [4.69, 9.17) is 10.5 Å². The van der Waals surface area contributed by atoms with Gasteiger partial charge in [-0.2, -0.15) is 0 Å². The van der Waals surface area contributed by atoms with E-state index in [9.17, 15) is 13.3 Å². The van der Waals surface area contributed by atoms with Gasteiger partial charge in [0.25, 0.3) is 0 Å². The number of fused-ring (bicyclic) bond motifs is 1. The number of nitrogens with zero attached hydrogens (tertiary/aromatic N) is 1. The molecule has 2 aliphatic rings. The lowest BCUT2D eigenvalue weighted by molar-refractivity contribution is -0.00624. The molecule has 1 aliphatic carbocycles. The minimum Gasteiger partial charge on any atom is -0.489 e. The molecule has 0 aromatic heterocycles. The number of hydrogen-bond acceptors (Lipinski definition) is 4. The molecule has 1 unspecified atom stereocenters. The van der Waals surface area contributed by atoms with Gasteiger partial charge in [-0.05, 0) is 102 Å². The van der Waals surface area contributed by atoms with E-state index in [1.165, 1.54) is 12.1 Å². The van der Waals surface area contributed by atoms with E-state index in [0.717, 1.165) is 84.5 Å². The van der Waals surface area contributed by atoms with Gasteiger partial charge < -0.3 is 10.5 Å². The molecular formula is C30H31F3N2O2. The number of nitrogen functional groups attached to an aromatic ring is 1. The molecule has 2 N–H and O–H groups in total. The summed E-state index contributed by atoms with van der Waals surface area (Å²) in [5.74, 6) is 0.504. The molecule has 194 valence electrons. The van der Waals surface area contributed by atoms with Crippen molar-refractivity contribution in [3.05, 3.63) is 88.7 Å². The lowest BCUT2D eigenvalue weighted by Gasteiger charge is -2.19. The molecule has 1 heterocycles. The predicted octanol–water partition coefficient (Wildman–Crippen LogP) is 6.78. The first-order valence-electron chi connectivity index (χ1n) is 12.8. The topological polar surface area (TPSA) is 47.7 Å². The molecule has 5 rings (SSSR count). The summed E-state index contributed by atoms with van der Waals surface area (Å²) in [5, 5.41) is 0. The summed E-state index contributed by atoms with van der Waals surface area (Å²) in [7, 11) is 0. The van der Waals surface area contributed by atoms with Crippen LogP contribution in [0.2, 0.25) is 0 Å². The van der Waals surface area contributed by atoms with Crippen LogP contribution in [0.15, 0.2) is 60.7 Å². The SMILES string of the molecule is Nc1cc(F)ccc1C1=C(c2ccc(OC3CCN(CCCF)C3)cc2)c2cc(OF)ccc2CCC1. The van der Waals surface area contributed by atoms with Crippen LogP contribution in [-0.2, 0) is 6.42 Å². The summed E-state index contributed by atoms with van der Waals surface area (Å²) in [6.45, 7) is 2.16. The molecule has 4 nitrogen and oxygen atoms in total. The summed E-state index contributed by atoms with van der Waals surface area (Å²) in [5.41, 5.74) is 12.2. The Hall–Kier alpha value is -3.45. The van der Waals surface area contributed by atoms with Gasteiger partial charge in [-0.3, -0.25) is 14.2 Å². The van der Waals surface area contributed by atoms with Gasteiger partial charge in [0, 0.05) is 35.4 Å². The maximum absolute atomic E-state index is 13.9. The van der Waals surface area contributed by atoms with Crippen molar-refractivity contribution in [1.29, 1.82) is 0 Å². The van der Waals surface area contributed by atoms with Gasteiger partial charge in [-0.15, -0.1) is 0 Å². The highest BCUT2D eigenvalue weighted by molar-refractivity contribution is 6.02. The van der Waals surface area contributed by atoms with Crippen molar-refractivity contribution in [3.63, 3.8) is 0 Å². The summed E-state index contributed by atoms with van der Waals surface area (Å²) in [6, 6.07) is 17.6. The Balaban J connectivity index is 1.51. The van der Waals surface area contributed by atoms with Crippen LogP contribution in [0.4, 0.5) is 19.0 Å². The first-order valence-corrected chi connectivity index (χ1v) is 12.8. The third-order valence-electron chi connectivity index (χ3n) is 7.24. The normalized spacial score (nSPS) is 18.0. The smallest absolute Gasteiger partial charge is 0.172 e. The Morgan fingerprint density at radius 2 is 1.76 bits per heavy atom. The number of rotatable bonds is 8. The maximum Gasteiger partial charge on any atom is 0.172 e. The molecule has 1 atom stereocenters. The maximum atomic E-state index is 13.9. The van der Waals surface area contributed by atoms with E-state index >= 15 is 0 Å². The number of aryl methyl sites for hydroxylation is 1. The van der Waals surface area contributed by atoms with Crippen LogP contribution in [0.1, 0.15) is 47.9 Å². The Bertz CT molecular complexity index is 1280. The van der Waals surface area contributed by atoms with Crippen LogP contribution in [-0.4, -0.2) is 37.3 Å². The van der Waals surface area contributed by atoms with E-state index in [1.54, 1.807) is 18.2 Å². The zero-order valence-corrected chi connectivity index (χ0v) is 20.7. The highest BCUT2D eigenvalue weighted by atomic mass is 19.3. The largest absolute Gasteiger partial charge is 0.489 e. The molecule has 0 radical (unpaired) electrons. The molecule has 3 aromatic carbocycles. The van der Waals surface area contributed by atoms with Crippen LogP contribution >= 0.6 is 0 Å². The number of halogens is 3. The van der Waals surface area contributed by atoms with Crippen LogP contribution in [0.5, 0.6) is 11.5 Å². The van der Waals surface area contributed by atoms with Gasteiger partial charge in [0.05, 0.1) is 6.67 Å². The first kappa shape index (κ1) is 25.2. The lowest BCUT2D eigenvalue weighted by atomic mass is 9.87. The number of alkyl halides is 1. The van der Waals surface area contributed by atoms with E-state index < -0.39 is 0 Å². The zero-order valence-electron chi connectivity index (χ0n) is 20.7. The molecule has 1 fully saturated rings. The second-order valence-electron chi connectivity index (χ2n) is 9.73. The molecule has 0 bridgehead atoms. The fourth-order valence-corrected chi connectivity index (χ4v) is 5.48. The molecular weight excluding hydrogens is 477 g/mol. The Kier molecular flexibility index (Phi) is 7.70. The van der Waals surface area contributed by atoms with Gasteiger partial charge in [0.15, 0.2) is 5.75 Å². The number of nitrogens with two attached hydrogens (primary N) is 1. The second kappa shape index (κ2) is 11.3. The van der Waals surface area contributed by atoms with Crippen molar-refractivity contribution in [3.8, 4) is 11.5 Å². The number of allylic oxidation sites excluding steroid dienone is 1. The number of likely N-dealkylation sites (tertiary alicyclic amines) is 1. The first-order chi connectivity index (χ1) is 18.1. The molecule has 0 spiro atoms. The second-order valence-corrected chi connectivity index (χ2v) is 9.73. The third-order valence-corrected chi connectivity index (χ3v) is 7.24. The summed E-state index contributed by atoms with van der Waals surface area (Å²) >= 11 is 0. The lowest BCUT2D eigenvalue weighted by Crippen LogP contribution is -2.26. The van der Waals surface area contributed by atoms with Crippen molar-refractivity contribution in [2.75, 3.05) is 32.0 Å². The Labute approximate surface area is 215 Å². The molecule has 37 heavy (non-hydrogen) atoms. The Morgan fingerprint density at radius 3 is 2.51 bits per heavy atom. The van der Waals surface area contributed by atoms with E-state index in [2.05, 4.69) is 9.84 Å². The van der Waals surface area contributed by atoms with Crippen LogP contribution < -0.4 is 15.4 Å². The van der Waals surface area contributed by atoms with Crippen LogP contribution in [0.3, 0.4) is 0 Å². The van der Waals surface area contributed by atoms with Gasteiger partial charge >= 0.3 is 0 Å². The van der Waals surface area contributed by atoms with E-state index in [-0.39, 0.29) is 24.3 Å². The highest BCUT2D eigenvalue weighted by Crippen LogP contribution is 2.42. The average Bonchev–Trinajstić information content (AvgIpc) is 3.26. The van der Waals surface area contributed by atoms with Crippen molar-refractivity contribution in [1.82, 2.24) is 4.90 Å². The standard InChI is InChI=1S/C30H31F3N2O2/c31-14-2-15-35-16-13-25(19-35)36-23-9-6-21(7-10-23)30-27(26-12-8-22(32)17-29(26)34)4-1-3-20-5-11-24(37-33)18-28(20)30/h5-12,17-18,25H,1-4,13-16,19,34H2. The van der Waals surface area contributed by atoms with Crippen LogP contribution in [0, 0.1) is 5.82 Å². The van der Waals surface area contributed by atoms with Gasteiger partial charge in [-0.25, -0.2) is 4.39 Å². The number of anilines is 1. The van der Waals surface area contributed by atoms with Crippen molar-refractivity contribution in [2.24, 2.45) is 0 Å². The summed E-state index contributed by atoms with van der Waals surface area (Å²) < 4.78 is 45.8. The quantitative estimate of drug-likeness (QED) is 0.341. The van der Waals surface area contributed by atoms with E-state index in [0.29, 0.717) is 12.1 Å². The molecule has 7 heteroatoms. The van der Waals surface area contributed by atoms with Gasteiger partial charge in [0.2, 0.25) is 0 Å². The molecule has 1 aliphatic heterocycles. The van der Waals surface area contributed by atoms with Crippen molar-refractivity contribution in [2.45, 2.75) is 38.2 Å². The number of hydrogen-bond donors (Lipinski definition) is 1. The number of benzene rings is 3. The predicted molar refractivity (Wildman–Crippen MR) is 140 cm³/mol. The molecule has 0 saturated carbocycles. The minimum absolute atomic E-state index is 0.0714. The fraction of sp³-hybridized carbons (Fsp3) is 0.333. The monoisotopic (exact) mass is 508 g/mol. The minimum atomic E-state index is -0.387. The third kappa shape index (κ3) is 5.62. The van der Waals surface area contributed by atoms with Crippen LogP contribution in [0.25, 0.3) is 11.1 Å². The summed E-state index contributed by atoms with van der Waals surface area (Å²) in [4.78, 5) is 6.30. The molecule has 0 amide bonds. The molecule has 1 saturated heterocycles. The average molecular weight is 509 g/mol. The number of ether oxygens (including phenoxy) is 1. The summed E-state index contributed by atoms with van der Waals surface area (Å²) in [6.07, 6.45) is 3.96.